The van der Waals surface area contributed by atoms with Gasteiger partial charge in [-0.25, -0.2) is 4.79 Å². The van der Waals surface area contributed by atoms with Crippen LogP contribution in [0.15, 0.2) is 30.3 Å². The van der Waals surface area contributed by atoms with E-state index < -0.39 is 11.5 Å². The summed E-state index contributed by atoms with van der Waals surface area (Å²) in [4.78, 5) is 15.8. The van der Waals surface area contributed by atoms with Crippen LogP contribution in [0.2, 0.25) is 5.02 Å². The molecule has 6 nitrogen and oxygen atoms in total. The van der Waals surface area contributed by atoms with Gasteiger partial charge in [0, 0.05) is 23.9 Å². The highest BCUT2D eigenvalue weighted by Gasteiger charge is 2.46. The smallest absolute Gasteiger partial charge is 0.330 e. The van der Waals surface area contributed by atoms with Gasteiger partial charge in [0.25, 0.3) is 0 Å². The monoisotopic (exact) mass is 400 g/mol. The van der Waals surface area contributed by atoms with Crippen LogP contribution >= 0.6 is 11.6 Å². The number of nitrogens with one attached hydrogen (secondary N) is 2. The summed E-state index contributed by atoms with van der Waals surface area (Å²) in [6.45, 7) is 2.55. The van der Waals surface area contributed by atoms with Gasteiger partial charge in [-0.15, -0.1) is 0 Å². The topological polar surface area (TPSA) is 94.6 Å². The number of benzene rings is 2. The quantitative estimate of drug-likeness (QED) is 0.537. The van der Waals surface area contributed by atoms with Crippen molar-refractivity contribution >= 4 is 28.5 Å². The van der Waals surface area contributed by atoms with Crippen LogP contribution in [-0.4, -0.2) is 34.8 Å². The van der Waals surface area contributed by atoms with Crippen molar-refractivity contribution in [2.45, 2.75) is 25.3 Å². The highest BCUT2D eigenvalue weighted by atomic mass is 35.5. The number of fused-ring (bicyclic) bond motifs is 3. The van der Waals surface area contributed by atoms with E-state index in [-0.39, 0.29) is 22.9 Å². The van der Waals surface area contributed by atoms with Gasteiger partial charge >= 0.3 is 5.97 Å². The molecule has 0 radical (unpaired) electrons. The van der Waals surface area contributed by atoms with Gasteiger partial charge in [0.05, 0.1) is 17.8 Å². The minimum absolute atomic E-state index is 0.0809. The number of phenols is 1. The van der Waals surface area contributed by atoms with Gasteiger partial charge in [0.2, 0.25) is 0 Å². The average Bonchev–Trinajstić information content (AvgIpc) is 3.04. The first kappa shape index (κ1) is 18.7. The van der Waals surface area contributed by atoms with Crippen molar-refractivity contribution in [1.82, 2.24) is 10.3 Å². The molecule has 2 aromatic carbocycles. The van der Waals surface area contributed by atoms with E-state index in [4.69, 9.17) is 16.3 Å². The van der Waals surface area contributed by atoms with E-state index in [2.05, 4.69) is 16.4 Å². The van der Waals surface area contributed by atoms with Crippen molar-refractivity contribution in [3.63, 3.8) is 0 Å². The summed E-state index contributed by atoms with van der Waals surface area (Å²) in [6, 6.07) is 9.33. The molecular weight excluding hydrogens is 380 g/mol. The molecule has 4 N–H and O–H groups in total. The van der Waals surface area contributed by atoms with Crippen LogP contribution < -0.4 is 10.1 Å². The number of hydrogen-bond donors (Lipinski definition) is 4. The maximum atomic E-state index is 12.5. The number of carboxylic acids is 1. The maximum absolute atomic E-state index is 12.5. The zero-order valence-corrected chi connectivity index (χ0v) is 16.4. The van der Waals surface area contributed by atoms with Crippen molar-refractivity contribution < 1.29 is 19.7 Å². The van der Waals surface area contributed by atoms with Crippen LogP contribution in [0.25, 0.3) is 10.9 Å². The first-order chi connectivity index (χ1) is 13.4. The van der Waals surface area contributed by atoms with E-state index in [0.29, 0.717) is 17.8 Å². The minimum Gasteiger partial charge on any atom is -0.503 e. The maximum Gasteiger partial charge on any atom is 0.330 e. The van der Waals surface area contributed by atoms with Crippen molar-refractivity contribution in [2.75, 3.05) is 13.7 Å². The van der Waals surface area contributed by atoms with E-state index in [1.54, 1.807) is 12.1 Å². The number of aliphatic carboxylic acids is 1. The number of carboxylic acid groups (broad SMARTS) is 1. The molecule has 0 fully saturated rings. The Labute approximate surface area is 167 Å². The Morgan fingerprint density at radius 2 is 2.11 bits per heavy atom. The number of ether oxygens (including phenoxy) is 1. The molecule has 0 bridgehead atoms. The zero-order valence-electron chi connectivity index (χ0n) is 15.6. The molecule has 1 aliphatic rings. The molecule has 1 atom stereocenters. The molecule has 0 aliphatic carbocycles. The van der Waals surface area contributed by atoms with E-state index in [1.807, 2.05) is 19.1 Å². The van der Waals surface area contributed by atoms with Crippen LogP contribution in [-0.2, 0) is 23.2 Å². The van der Waals surface area contributed by atoms with E-state index in [0.717, 1.165) is 28.5 Å². The fraction of sp³-hybridized carbons (Fsp3) is 0.286. The van der Waals surface area contributed by atoms with E-state index >= 15 is 0 Å². The molecule has 146 valence electrons. The number of halogens is 1. The summed E-state index contributed by atoms with van der Waals surface area (Å²) in [5.41, 5.74) is 2.83. The number of H-pyrrole nitrogens is 1. The molecule has 2 heterocycles. The molecule has 1 aliphatic heterocycles. The van der Waals surface area contributed by atoms with E-state index in [1.165, 1.54) is 7.11 Å². The van der Waals surface area contributed by atoms with Crippen LogP contribution in [0.1, 0.15) is 22.4 Å². The number of aryl methyl sites for hydroxylation is 1. The first-order valence-electron chi connectivity index (χ1n) is 9.02. The molecule has 4 rings (SSSR count). The summed E-state index contributed by atoms with van der Waals surface area (Å²) in [5.74, 6) is -0.940. The van der Waals surface area contributed by atoms with Crippen LogP contribution in [0, 0.1) is 6.92 Å². The lowest BCUT2D eigenvalue weighted by Crippen LogP contribution is -2.54. The fourth-order valence-corrected chi connectivity index (χ4v) is 4.28. The number of carbonyl (C=O) groups is 1. The first-order valence-corrected chi connectivity index (χ1v) is 9.39. The Morgan fingerprint density at radius 3 is 2.82 bits per heavy atom. The molecule has 1 aromatic heterocycles. The Balaban J connectivity index is 1.88. The van der Waals surface area contributed by atoms with Crippen LogP contribution in [0.3, 0.4) is 0 Å². The van der Waals surface area contributed by atoms with Gasteiger partial charge < -0.3 is 19.9 Å². The number of rotatable bonds is 4. The van der Waals surface area contributed by atoms with Crippen molar-refractivity contribution in [3.8, 4) is 11.5 Å². The molecular formula is C21H21ClN2O4. The highest BCUT2D eigenvalue weighted by Crippen LogP contribution is 2.41. The normalized spacial score (nSPS) is 18.8. The third-order valence-corrected chi connectivity index (χ3v) is 5.91. The van der Waals surface area contributed by atoms with Gasteiger partial charge in [0.15, 0.2) is 17.0 Å². The molecule has 0 saturated carbocycles. The average molecular weight is 401 g/mol. The fourth-order valence-electron chi connectivity index (χ4n) is 4.06. The SMILES string of the molecule is COc1ccc(CC2(C(=O)O)NCCc3c2[nH]c2ccc(C)cc32)c(Cl)c1O. The van der Waals surface area contributed by atoms with Crippen molar-refractivity contribution in [1.29, 1.82) is 0 Å². The minimum atomic E-state index is -1.37. The predicted octanol–water partition coefficient (Wildman–Crippen LogP) is 3.51. The summed E-state index contributed by atoms with van der Waals surface area (Å²) < 4.78 is 5.08. The third kappa shape index (κ3) is 2.72. The predicted molar refractivity (Wildman–Crippen MR) is 107 cm³/mol. The van der Waals surface area contributed by atoms with Gasteiger partial charge in [0.1, 0.15) is 0 Å². The second-order valence-corrected chi connectivity index (χ2v) is 7.56. The van der Waals surface area contributed by atoms with Gasteiger partial charge in [-0.3, -0.25) is 5.32 Å². The second-order valence-electron chi connectivity index (χ2n) is 7.18. The van der Waals surface area contributed by atoms with E-state index in [9.17, 15) is 15.0 Å². The molecule has 0 amide bonds. The number of aromatic amines is 1. The summed E-state index contributed by atoms with van der Waals surface area (Å²) in [6.07, 6.45) is 0.812. The second kappa shape index (κ2) is 6.72. The largest absolute Gasteiger partial charge is 0.503 e. The molecule has 3 aromatic rings. The highest BCUT2D eigenvalue weighted by molar-refractivity contribution is 6.33. The van der Waals surface area contributed by atoms with Crippen LogP contribution in [0.4, 0.5) is 0 Å². The van der Waals surface area contributed by atoms with Gasteiger partial charge in [-0.05, 0) is 42.7 Å². The molecule has 1 unspecified atom stereocenters. The lowest BCUT2D eigenvalue weighted by Gasteiger charge is -2.35. The van der Waals surface area contributed by atoms with Gasteiger partial charge in [-0.2, -0.15) is 0 Å². The molecule has 28 heavy (non-hydrogen) atoms. The Hall–Kier alpha value is -2.70. The van der Waals surface area contributed by atoms with Crippen molar-refractivity contribution in [3.05, 3.63) is 57.7 Å². The summed E-state index contributed by atoms with van der Waals surface area (Å²) in [7, 11) is 1.44. The Morgan fingerprint density at radius 1 is 1.32 bits per heavy atom. The lowest BCUT2D eigenvalue weighted by atomic mass is 9.81. The number of aromatic nitrogens is 1. The van der Waals surface area contributed by atoms with Gasteiger partial charge in [-0.1, -0.05) is 29.3 Å². The summed E-state index contributed by atoms with van der Waals surface area (Å²) >= 11 is 6.33. The number of hydrogen-bond acceptors (Lipinski definition) is 4. The molecule has 0 spiro atoms. The Kier molecular flexibility index (Phi) is 4.48. The number of aromatic hydroxyl groups is 1. The standard InChI is InChI=1S/C21H21ClN2O4/c1-11-3-5-15-14(9-11)13-7-8-23-21(20(26)27,19(13)24-15)10-12-4-6-16(28-2)18(25)17(12)22/h3-6,9,23-25H,7-8,10H2,1-2H3,(H,26,27). The number of phenolic OH excluding ortho intramolecular Hbond substituents is 1. The number of methoxy groups -OCH3 is 1. The Bertz CT molecular complexity index is 1090. The lowest BCUT2D eigenvalue weighted by molar-refractivity contribution is -0.145. The summed E-state index contributed by atoms with van der Waals surface area (Å²) in [5, 5.41) is 24.8. The van der Waals surface area contributed by atoms with Crippen molar-refractivity contribution in [2.24, 2.45) is 0 Å². The third-order valence-electron chi connectivity index (χ3n) is 5.49. The zero-order chi connectivity index (χ0) is 20.1. The molecule has 7 heteroatoms. The van der Waals surface area contributed by atoms with Crippen LogP contribution in [0.5, 0.6) is 11.5 Å². The molecule has 0 saturated heterocycles.